The molecule has 0 saturated carbocycles. The summed E-state index contributed by atoms with van der Waals surface area (Å²) in [6, 6.07) is 6.12. The van der Waals surface area contributed by atoms with E-state index in [4.69, 9.17) is 9.57 Å². The monoisotopic (exact) mass is 328 g/mol. The summed E-state index contributed by atoms with van der Waals surface area (Å²) >= 11 is 0. The number of hydrogen-bond acceptors (Lipinski definition) is 4. The average molecular weight is 328 g/mol. The van der Waals surface area contributed by atoms with Gasteiger partial charge in [0.25, 0.3) is 0 Å². The van der Waals surface area contributed by atoms with Crippen molar-refractivity contribution in [2.45, 2.75) is 26.7 Å². The minimum atomic E-state index is -0.0222. The van der Waals surface area contributed by atoms with Crippen molar-refractivity contribution < 1.29 is 14.4 Å². The highest BCUT2D eigenvalue weighted by atomic mass is 16.6. The summed E-state index contributed by atoms with van der Waals surface area (Å²) in [4.78, 5) is 16.6. The Hall–Kier alpha value is -2.56. The first-order chi connectivity index (χ1) is 11.5. The molecule has 1 N–H and O–H groups in total. The van der Waals surface area contributed by atoms with Crippen LogP contribution in [0.2, 0.25) is 0 Å². The summed E-state index contributed by atoms with van der Waals surface area (Å²) in [6.07, 6.45) is 4.92. The highest BCUT2D eigenvalue weighted by Crippen LogP contribution is 2.24. The minimum Gasteiger partial charge on any atom is -0.489 e. The molecular formula is C19H24N2O3. The van der Waals surface area contributed by atoms with Crippen LogP contribution in [0, 0.1) is 13.8 Å². The third kappa shape index (κ3) is 4.72. The molecule has 0 saturated heterocycles. The van der Waals surface area contributed by atoms with Gasteiger partial charge in [0.15, 0.2) is 0 Å². The zero-order valence-electron chi connectivity index (χ0n) is 14.7. The number of amides is 1. The third-order valence-electron chi connectivity index (χ3n) is 3.88. The van der Waals surface area contributed by atoms with Crippen LogP contribution in [0.15, 0.2) is 46.7 Å². The highest BCUT2D eigenvalue weighted by molar-refractivity contribution is 5.98. The normalized spacial score (nSPS) is 15.6. The van der Waals surface area contributed by atoms with Gasteiger partial charge < -0.3 is 14.9 Å². The lowest BCUT2D eigenvalue weighted by molar-refractivity contribution is -0.119. The maximum absolute atomic E-state index is 11.7. The van der Waals surface area contributed by atoms with Crippen molar-refractivity contribution in [2.24, 2.45) is 5.16 Å². The fraction of sp³-hybridized carbons (Fsp3) is 0.368. The summed E-state index contributed by atoms with van der Waals surface area (Å²) in [5, 5.41) is 6.65. The number of benzene rings is 1. The van der Waals surface area contributed by atoms with Gasteiger partial charge in [-0.15, -0.1) is 0 Å². The summed E-state index contributed by atoms with van der Waals surface area (Å²) in [5.74, 6) is 0.831. The molecule has 0 fully saturated rings. The van der Waals surface area contributed by atoms with Crippen molar-refractivity contribution in [3.05, 3.63) is 52.6 Å². The van der Waals surface area contributed by atoms with Gasteiger partial charge in [0.2, 0.25) is 5.91 Å². The molecule has 1 amide bonds. The molecule has 0 unspecified atom stereocenters. The molecule has 2 rings (SSSR count). The van der Waals surface area contributed by atoms with E-state index in [1.165, 1.54) is 7.11 Å². The standard InChI is InChI=1S/C19H24N2O3/c1-13-5-6-14(2)18(9-13)24-12-16-10-17(21-23-4)8-7-15(16)11-19(22)20-3/h5-7,9-10H,8,11-12H2,1-4H3,(H,20,22). The number of ether oxygens (including phenoxy) is 1. The van der Waals surface area contributed by atoms with Crippen molar-refractivity contribution in [3.63, 3.8) is 0 Å². The van der Waals surface area contributed by atoms with E-state index < -0.39 is 0 Å². The van der Waals surface area contributed by atoms with Gasteiger partial charge in [0, 0.05) is 13.5 Å². The summed E-state index contributed by atoms with van der Waals surface area (Å²) in [7, 11) is 3.16. The number of rotatable bonds is 6. The van der Waals surface area contributed by atoms with Gasteiger partial charge in [0.05, 0.1) is 12.1 Å². The van der Waals surface area contributed by atoms with E-state index in [9.17, 15) is 4.79 Å². The highest BCUT2D eigenvalue weighted by Gasteiger charge is 2.16. The van der Waals surface area contributed by atoms with Crippen molar-refractivity contribution in [2.75, 3.05) is 20.8 Å². The molecular weight excluding hydrogens is 304 g/mol. The quantitative estimate of drug-likeness (QED) is 0.816. The second-order valence-corrected chi connectivity index (χ2v) is 5.78. The molecule has 1 aliphatic carbocycles. The predicted octanol–water partition coefficient (Wildman–Crippen LogP) is 3.08. The molecule has 5 nitrogen and oxygen atoms in total. The molecule has 5 heteroatoms. The Morgan fingerprint density at radius 2 is 2.08 bits per heavy atom. The van der Waals surface area contributed by atoms with Crippen LogP contribution in [0.5, 0.6) is 5.75 Å². The smallest absolute Gasteiger partial charge is 0.224 e. The van der Waals surface area contributed by atoms with Crippen LogP contribution in [0.25, 0.3) is 0 Å². The SMILES string of the molecule is CNC(=O)CC1=CCC(=NOC)C=C1COc1cc(C)ccc1C. The number of carbonyl (C=O) groups is 1. The molecule has 1 aliphatic rings. The van der Waals surface area contributed by atoms with Crippen LogP contribution in [-0.4, -0.2) is 32.4 Å². The molecule has 1 aromatic rings. The molecule has 0 radical (unpaired) electrons. The van der Waals surface area contributed by atoms with E-state index in [0.29, 0.717) is 19.4 Å². The Morgan fingerprint density at radius 3 is 2.79 bits per heavy atom. The van der Waals surface area contributed by atoms with Gasteiger partial charge in [-0.05, 0) is 48.3 Å². The molecule has 1 aromatic carbocycles. The fourth-order valence-electron chi connectivity index (χ4n) is 2.49. The van der Waals surface area contributed by atoms with Crippen LogP contribution in [0.4, 0.5) is 0 Å². The molecule has 24 heavy (non-hydrogen) atoms. The fourth-order valence-corrected chi connectivity index (χ4v) is 2.49. The van der Waals surface area contributed by atoms with Gasteiger partial charge in [-0.1, -0.05) is 23.4 Å². The lowest BCUT2D eigenvalue weighted by Crippen LogP contribution is -2.21. The number of hydrogen-bond donors (Lipinski definition) is 1. The zero-order chi connectivity index (χ0) is 17.5. The number of nitrogens with one attached hydrogen (secondary N) is 1. The number of nitrogens with zero attached hydrogens (tertiary/aromatic N) is 1. The van der Waals surface area contributed by atoms with E-state index in [0.717, 1.165) is 33.7 Å². The first kappa shape index (κ1) is 17.8. The second kappa shape index (κ2) is 8.34. The van der Waals surface area contributed by atoms with Gasteiger partial charge in [0.1, 0.15) is 19.5 Å². The Labute approximate surface area is 143 Å². The largest absolute Gasteiger partial charge is 0.489 e. The zero-order valence-corrected chi connectivity index (χ0v) is 14.7. The summed E-state index contributed by atoms with van der Waals surface area (Å²) in [5.41, 5.74) is 4.96. The number of aryl methyl sites for hydroxylation is 2. The van der Waals surface area contributed by atoms with Crippen molar-refractivity contribution in [3.8, 4) is 5.75 Å². The van der Waals surface area contributed by atoms with Crippen LogP contribution in [-0.2, 0) is 9.63 Å². The maximum Gasteiger partial charge on any atom is 0.224 e. The molecule has 0 atom stereocenters. The molecule has 0 aromatic heterocycles. The summed E-state index contributed by atoms with van der Waals surface area (Å²) in [6.45, 7) is 4.44. The molecule has 0 aliphatic heterocycles. The van der Waals surface area contributed by atoms with Gasteiger partial charge in [-0.25, -0.2) is 0 Å². The van der Waals surface area contributed by atoms with Gasteiger partial charge in [-0.2, -0.15) is 0 Å². The molecule has 128 valence electrons. The van der Waals surface area contributed by atoms with Crippen molar-refractivity contribution in [1.82, 2.24) is 5.32 Å². The summed E-state index contributed by atoms with van der Waals surface area (Å²) < 4.78 is 5.99. The molecule has 0 spiro atoms. The van der Waals surface area contributed by atoms with Crippen LogP contribution < -0.4 is 10.1 Å². The maximum atomic E-state index is 11.7. The Kier molecular flexibility index (Phi) is 6.18. The van der Waals surface area contributed by atoms with Crippen molar-refractivity contribution >= 4 is 11.6 Å². The Bertz CT molecular complexity index is 703. The molecule has 0 bridgehead atoms. The lowest BCUT2D eigenvalue weighted by atomic mass is 9.94. The average Bonchev–Trinajstić information content (AvgIpc) is 2.57. The molecule has 0 heterocycles. The van der Waals surface area contributed by atoms with E-state index >= 15 is 0 Å². The number of allylic oxidation sites excluding steroid dienone is 2. The minimum absolute atomic E-state index is 0.0222. The number of oxime groups is 1. The third-order valence-corrected chi connectivity index (χ3v) is 3.88. The van der Waals surface area contributed by atoms with E-state index in [-0.39, 0.29) is 5.91 Å². The van der Waals surface area contributed by atoms with E-state index in [2.05, 4.69) is 16.5 Å². The van der Waals surface area contributed by atoms with Crippen LogP contribution in [0.3, 0.4) is 0 Å². The van der Waals surface area contributed by atoms with Crippen LogP contribution in [0.1, 0.15) is 24.0 Å². The first-order valence-electron chi connectivity index (χ1n) is 7.94. The van der Waals surface area contributed by atoms with Gasteiger partial charge in [-0.3, -0.25) is 4.79 Å². The topological polar surface area (TPSA) is 59.9 Å². The van der Waals surface area contributed by atoms with Crippen molar-refractivity contribution in [1.29, 1.82) is 0 Å². The first-order valence-corrected chi connectivity index (χ1v) is 7.94. The Morgan fingerprint density at radius 1 is 1.29 bits per heavy atom. The van der Waals surface area contributed by atoms with Crippen LogP contribution >= 0.6 is 0 Å². The second-order valence-electron chi connectivity index (χ2n) is 5.78. The van der Waals surface area contributed by atoms with Gasteiger partial charge >= 0.3 is 0 Å². The predicted molar refractivity (Wildman–Crippen MR) is 95.3 cm³/mol. The number of carbonyl (C=O) groups excluding carboxylic acids is 1. The van der Waals surface area contributed by atoms with E-state index in [1.54, 1.807) is 7.05 Å². The van der Waals surface area contributed by atoms with E-state index in [1.807, 2.05) is 38.1 Å². The lowest BCUT2D eigenvalue weighted by Gasteiger charge is -2.18. The Balaban J connectivity index is 2.17.